The average Bonchev–Trinajstić information content (AvgIpc) is 2.58. The zero-order valence-corrected chi connectivity index (χ0v) is 13.5. The van der Waals surface area contributed by atoms with E-state index in [0.717, 1.165) is 9.13 Å². The summed E-state index contributed by atoms with van der Waals surface area (Å²) in [6.45, 7) is 1.57. The zero-order valence-electron chi connectivity index (χ0n) is 13.5. The summed E-state index contributed by atoms with van der Waals surface area (Å²) in [5, 5.41) is 14.7. The summed E-state index contributed by atoms with van der Waals surface area (Å²) in [6, 6.07) is 9.87. The highest BCUT2D eigenvalue weighted by Gasteiger charge is 2.20. The van der Waals surface area contributed by atoms with Gasteiger partial charge in [0.1, 0.15) is 17.9 Å². The van der Waals surface area contributed by atoms with Crippen LogP contribution >= 0.6 is 0 Å². The van der Waals surface area contributed by atoms with Crippen molar-refractivity contribution in [1.29, 1.82) is 5.26 Å². The van der Waals surface area contributed by atoms with Crippen molar-refractivity contribution in [3.63, 3.8) is 0 Å². The largest absolute Gasteiger partial charge is 0.359 e. The summed E-state index contributed by atoms with van der Waals surface area (Å²) in [4.78, 5) is 36.3. The molecule has 24 heavy (non-hydrogen) atoms. The van der Waals surface area contributed by atoms with Crippen molar-refractivity contribution in [3.8, 4) is 6.07 Å². The molecule has 0 aliphatic carbocycles. The molecule has 2 aromatic rings. The molecule has 0 aliphatic rings. The van der Waals surface area contributed by atoms with Gasteiger partial charge in [-0.15, -0.1) is 0 Å². The normalized spacial score (nSPS) is 11.4. The van der Waals surface area contributed by atoms with Crippen LogP contribution < -0.4 is 21.9 Å². The summed E-state index contributed by atoms with van der Waals surface area (Å²) in [5.74, 6) is -0.348. The Balaban J connectivity index is 2.31. The average molecular weight is 327 g/mol. The van der Waals surface area contributed by atoms with E-state index in [2.05, 4.69) is 10.6 Å². The fraction of sp³-hybridized carbons (Fsp3) is 0.250. The molecule has 1 amide bonds. The van der Waals surface area contributed by atoms with Gasteiger partial charge in [-0.05, 0) is 19.1 Å². The molecule has 1 unspecified atom stereocenters. The van der Waals surface area contributed by atoms with E-state index in [0.29, 0.717) is 5.69 Å². The van der Waals surface area contributed by atoms with E-state index >= 15 is 0 Å². The smallest absolute Gasteiger partial charge is 0.332 e. The van der Waals surface area contributed by atoms with Crippen molar-refractivity contribution in [2.45, 2.75) is 13.0 Å². The molecule has 0 fully saturated rings. The Kier molecular flexibility index (Phi) is 4.84. The van der Waals surface area contributed by atoms with Gasteiger partial charge in [-0.3, -0.25) is 18.7 Å². The second-order valence-corrected chi connectivity index (χ2v) is 5.26. The van der Waals surface area contributed by atoms with E-state index in [4.69, 9.17) is 0 Å². The maximum absolute atomic E-state index is 12.2. The molecule has 8 heteroatoms. The van der Waals surface area contributed by atoms with Crippen LogP contribution in [0.15, 0.2) is 39.9 Å². The molecule has 2 rings (SSSR count). The monoisotopic (exact) mass is 327 g/mol. The number of nitrogens with zero attached hydrogens (tertiary/aromatic N) is 3. The standard InChI is InChI=1S/C16H17N5O3/c1-10(14(22)19-11-7-5-4-6-8-11)18-13-12(9-17)15(23)21(3)16(24)20(13)2/h4-8,10,18H,1-3H3,(H,19,22). The van der Waals surface area contributed by atoms with Gasteiger partial charge in [0.25, 0.3) is 5.56 Å². The Morgan fingerprint density at radius 1 is 1.17 bits per heavy atom. The number of anilines is 2. The van der Waals surface area contributed by atoms with Gasteiger partial charge in [0, 0.05) is 19.8 Å². The lowest BCUT2D eigenvalue weighted by molar-refractivity contribution is -0.116. The Hall–Kier alpha value is -3.34. The number of amides is 1. The fourth-order valence-electron chi connectivity index (χ4n) is 2.16. The third kappa shape index (κ3) is 3.20. The molecule has 1 heterocycles. The Bertz CT molecular complexity index is 922. The fourth-order valence-corrected chi connectivity index (χ4v) is 2.16. The van der Waals surface area contributed by atoms with E-state index < -0.39 is 17.3 Å². The van der Waals surface area contributed by atoms with E-state index in [9.17, 15) is 19.6 Å². The van der Waals surface area contributed by atoms with Gasteiger partial charge < -0.3 is 10.6 Å². The van der Waals surface area contributed by atoms with E-state index in [1.54, 1.807) is 37.3 Å². The third-order valence-corrected chi connectivity index (χ3v) is 3.56. The van der Waals surface area contributed by atoms with Crippen LogP contribution in [-0.4, -0.2) is 21.1 Å². The highest BCUT2D eigenvalue weighted by molar-refractivity contribution is 5.96. The minimum atomic E-state index is -0.769. The summed E-state index contributed by atoms with van der Waals surface area (Å²) in [7, 11) is 2.72. The summed E-state index contributed by atoms with van der Waals surface area (Å²) < 4.78 is 1.98. The number of nitriles is 1. The maximum Gasteiger partial charge on any atom is 0.332 e. The molecule has 2 N–H and O–H groups in total. The van der Waals surface area contributed by atoms with Crippen LogP contribution in [0.2, 0.25) is 0 Å². The number of rotatable bonds is 4. The Morgan fingerprint density at radius 2 is 1.79 bits per heavy atom. The van der Waals surface area contributed by atoms with Crippen molar-refractivity contribution < 1.29 is 4.79 Å². The lowest BCUT2D eigenvalue weighted by Gasteiger charge is -2.18. The molecule has 1 aromatic carbocycles. The Labute approximate surface area is 138 Å². The first kappa shape index (κ1) is 17.0. The van der Waals surface area contributed by atoms with Crippen LogP contribution in [-0.2, 0) is 18.9 Å². The Morgan fingerprint density at radius 3 is 2.38 bits per heavy atom. The molecule has 0 aliphatic heterocycles. The number of nitrogens with one attached hydrogen (secondary N) is 2. The first-order valence-electron chi connectivity index (χ1n) is 7.19. The first-order chi connectivity index (χ1) is 11.4. The van der Waals surface area contributed by atoms with Crippen molar-refractivity contribution in [2.24, 2.45) is 14.1 Å². The number of hydrogen-bond acceptors (Lipinski definition) is 5. The van der Waals surface area contributed by atoms with Crippen molar-refractivity contribution in [2.75, 3.05) is 10.6 Å². The summed E-state index contributed by atoms with van der Waals surface area (Å²) in [5.41, 5.74) is -0.899. The molecular formula is C16H17N5O3. The lowest BCUT2D eigenvalue weighted by Crippen LogP contribution is -2.42. The molecule has 0 bridgehead atoms. The molecule has 1 aromatic heterocycles. The number of carbonyl (C=O) groups is 1. The van der Waals surface area contributed by atoms with Gasteiger partial charge in [0.05, 0.1) is 0 Å². The van der Waals surface area contributed by atoms with Crippen LogP contribution in [0.25, 0.3) is 0 Å². The topological polar surface area (TPSA) is 109 Å². The number of aromatic nitrogens is 2. The third-order valence-electron chi connectivity index (χ3n) is 3.56. The van der Waals surface area contributed by atoms with Gasteiger partial charge in [-0.1, -0.05) is 18.2 Å². The molecular weight excluding hydrogens is 310 g/mol. The molecule has 124 valence electrons. The number of carbonyl (C=O) groups excluding carboxylic acids is 1. The predicted molar refractivity (Wildman–Crippen MR) is 89.8 cm³/mol. The number of para-hydroxylation sites is 1. The van der Waals surface area contributed by atoms with Crippen LogP contribution in [0.4, 0.5) is 11.5 Å². The molecule has 0 saturated carbocycles. The number of benzene rings is 1. The van der Waals surface area contributed by atoms with E-state index in [-0.39, 0.29) is 17.3 Å². The molecule has 8 nitrogen and oxygen atoms in total. The van der Waals surface area contributed by atoms with Crippen LogP contribution in [0.5, 0.6) is 0 Å². The van der Waals surface area contributed by atoms with Crippen LogP contribution in [0, 0.1) is 11.3 Å². The summed E-state index contributed by atoms with van der Waals surface area (Å²) in [6.07, 6.45) is 0. The molecule has 0 radical (unpaired) electrons. The molecule has 0 spiro atoms. The van der Waals surface area contributed by atoms with Gasteiger partial charge >= 0.3 is 5.69 Å². The highest BCUT2D eigenvalue weighted by atomic mass is 16.2. The SMILES string of the molecule is CC(Nc1c(C#N)c(=O)n(C)c(=O)n1C)C(=O)Nc1ccccc1. The first-order valence-corrected chi connectivity index (χ1v) is 7.19. The maximum atomic E-state index is 12.2. The highest BCUT2D eigenvalue weighted by Crippen LogP contribution is 2.11. The minimum Gasteiger partial charge on any atom is -0.359 e. The molecule has 1 atom stereocenters. The van der Waals surface area contributed by atoms with Crippen molar-refractivity contribution >= 4 is 17.4 Å². The van der Waals surface area contributed by atoms with Gasteiger partial charge in [0.2, 0.25) is 5.91 Å². The molecule has 0 saturated heterocycles. The number of hydrogen-bond donors (Lipinski definition) is 2. The lowest BCUT2D eigenvalue weighted by atomic mass is 10.2. The quantitative estimate of drug-likeness (QED) is 0.844. The van der Waals surface area contributed by atoms with Gasteiger partial charge in [0.15, 0.2) is 5.56 Å². The van der Waals surface area contributed by atoms with Crippen LogP contribution in [0.1, 0.15) is 12.5 Å². The van der Waals surface area contributed by atoms with Gasteiger partial charge in [-0.2, -0.15) is 5.26 Å². The second kappa shape index (κ2) is 6.83. The zero-order chi connectivity index (χ0) is 17.9. The minimum absolute atomic E-state index is 0.0151. The van der Waals surface area contributed by atoms with Crippen molar-refractivity contribution in [1.82, 2.24) is 9.13 Å². The summed E-state index contributed by atoms with van der Waals surface area (Å²) >= 11 is 0. The van der Waals surface area contributed by atoms with Crippen molar-refractivity contribution in [3.05, 3.63) is 56.7 Å². The second-order valence-electron chi connectivity index (χ2n) is 5.26. The van der Waals surface area contributed by atoms with Gasteiger partial charge in [-0.25, -0.2) is 4.79 Å². The predicted octanol–water partition coefficient (Wildman–Crippen LogP) is 0.395. The van der Waals surface area contributed by atoms with Crippen LogP contribution in [0.3, 0.4) is 0 Å². The van der Waals surface area contributed by atoms with E-state index in [1.165, 1.54) is 14.1 Å². The van der Waals surface area contributed by atoms with E-state index in [1.807, 2.05) is 6.07 Å².